The zero-order valence-corrected chi connectivity index (χ0v) is 12.4. The number of nitrogens with zero attached hydrogens (tertiary/aromatic N) is 2. The van der Waals surface area contributed by atoms with E-state index in [1.54, 1.807) is 17.2 Å². The van der Waals surface area contributed by atoms with Crippen molar-refractivity contribution < 1.29 is 4.79 Å². The predicted octanol–water partition coefficient (Wildman–Crippen LogP) is 3.85. The molecule has 4 rings (SSSR count). The van der Waals surface area contributed by atoms with Crippen molar-refractivity contribution in [2.75, 3.05) is 10.2 Å². The highest BCUT2D eigenvalue weighted by molar-refractivity contribution is 6.11. The maximum Gasteiger partial charge on any atom is 0.262 e. The van der Waals surface area contributed by atoms with E-state index in [2.05, 4.69) is 10.3 Å². The molecule has 1 aliphatic heterocycles. The summed E-state index contributed by atoms with van der Waals surface area (Å²) < 4.78 is 0. The Kier molecular flexibility index (Phi) is 3.27. The first-order valence-corrected chi connectivity index (χ1v) is 7.50. The molecule has 23 heavy (non-hydrogen) atoms. The minimum absolute atomic E-state index is 0.0345. The lowest BCUT2D eigenvalue weighted by atomic mass is 10.2. The third kappa shape index (κ3) is 2.34. The van der Waals surface area contributed by atoms with E-state index in [4.69, 9.17) is 0 Å². The third-order valence-corrected chi connectivity index (χ3v) is 3.92. The van der Waals surface area contributed by atoms with E-state index in [1.165, 1.54) is 0 Å². The first-order valence-electron chi connectivity index (χ1n) is 7.50. The molecule has 1 aliphatic rings. The van der Waals surface area contributed by atoms with Crippen LogP contribution in [0.1, 0.15) is 22.2 Å². The summed E-state index contributed by atoms with van der Waals surface area (Å²) in [5.41, 5.74) is 3.20. The van der Waals surface area contributed by atoms with Gasteiger partial charge < -0.3 is 5.32 Å². The van der Waals surface area contributed by atoms with Gasteiger partial charge in [-0.2, -0.15) is 0 Å². The molecule has 4 heteroatoms. The first kappa shape index (κ1) is 13.5. The number of pyridine rings is 1. The van der Waals surface area contributed by atoms with Gasteiger partial charge in [-0.3, -0.25) is 14.7 Å². The Labute approximate surface area is 134 Å². The van der Waals surface area contributed by atoms with Crippen LogP contribution in [-0.4, -0.2) is 10.9 Å². The smallest absolute Gasteiger partial charge is 0.262 e. The van der Waals surface area contributed by atoms with Crippen LogP contribution in [0.4, 0.5) is 11.4 Å². The van der Waals surface area contributed by atoms with Crippen molar-refractivity contribution in [2.24, 2.45) is 0 Å². The maximum atomic E-state index is 12.8. The Morgan fingerprint density at radius 2 is 1.57 bits per heavy atom. The van der Waals surface area contributed by atoms with Crippen molar-refractivity contribution in [3.05, 3.63) is 90.3 Å². The second-order valence-electron chi connectivity index (χ2n) is 5.36. The largest absolute Gasteiger partial charge is 0.360 e. The second-order valence-corrected chi connectivity index (χ2v) is 5.36. The topological polar surface area (TPSA) is 45.2 Å². The fraction of sp³-hybridized carbons (Fsp3) is 0.0526. The van der Waals surface area contributed by atoms with Gasteiger partial charge in [-0.05, 0) is 36.4 Å². The van der Waals surface area contributed by atoms with Crippen LogP contribution in [0.15, 0.2) is 79.0 Å². The van der Waals surface area contributed by atoms with Crippen molar-refractivity contribution in [1.29, 1.82) is 0 Å². The number of hydrogen-bond acceptors (Lipinski definition) is 3. The number of amides is 1. The number of nitrogens with one attached hydrogen (secondary N) is 1. The Hall–Kier alpha value is -3.14. The van der Waals surface area contributed by atoms with Crippen molar-refractivity contribution in [2.45, 2.75) is 6.17 Å². The molecule has 1 aromatic heterocycles. The molecule has 1 N–H and O–H groups in total. The van der Waals surface area contributed by atoms with Crippen LogP contribution in [0.2, 0.25) is 0 Å². The molecular weight excluding hydrogens is 286 g/mol. The van der Waals surface area contributed by atoms with Crippen LogP contribution >= 0.6 is 0 Å². The van der Waals surface area contributed by atoms with E-state index >= 15 is 0 Å². The van der Waals surface area contributed by atoms with Crippen LogP contribution in [-0.2, 0) is 0 Å². The van der Waals surface area contributed by atoms with Gasteiger partial charge in [0, 0.05) is 17.6 Å². The highest BCUT2D eigenvalue weighted by Crippen LogP contribution is 2.36. The molecule has 3 aromatic rings. The van der Waals surface area contributed by atoms with Gasteiger partial charge >= 0.3 is 0 Å². The number of carbonyl (C=O) groups excluding carboxylic acids is 1. The van der Waals surface area contributed by atoms with Gasteiger partial charge in [0.25, 0.3) is 5.91 Å². The lowest BCUT2D eigenvalue weighted by Gasteiger charge is -2.26. The molecule has 0 radical (unpaired) electrons. The maximum absolute atomic E-state index is 12.8. The molecule has 0 spiro atoms. The molecular formula is C19H15N3O. The number of carbonyl (C=O) groups is 1. The highest BCUT2D eigenvalue weighted by atomic mass is 16.2. The summed E-state index contributed by atoms with van der Waals surface area (Å²) >= 11 is 0. The molecule has 0 saturated heterocycles. The van der Waals surface area contributed by atoms with Gasteiger partial charge in [0.05, 0.1) is 11.3 Å². The molecule has 1 atom stereocenters. The second kappa shape index (κ2) is 5.57. The Balaban J connectivity index is 1.79. The summed E-state index contributed by atoms with van der Waals surface area (Å²) in [6.45, 7) is 0. The summed E-state index contributed by atoms with van der Waals surface area (Å²) in [7, 11) is 0. The standard InChI is InChI=1S/C19H15N3O/c23-19-16-12-7-13-20-17(16)18(21-14-8-3-1-4-9-14)22(19)15-10-5-2-6-11-15/h1-13,18,21H/t18-/m1/s1. The summed E-state index contributed by atoms with van der Waals surface area (Å²) in [4.78, 5) is 19.0. The Morgan fingerprint density at radius 1 is 0.870 bits per heavy atom. The average molecular weight is 301 g/mol. The van der Waals surface area contributed by atoms with E-state index in [-0.39, 0.29) is 12.1 Å². The zero-order valence-electron chi connectivity index (χ0n) is 12.4. The SMILES string of the molecule is O=C1c2cccnc2[C@H](Nc2ccccc2)N1c1ccccc1. The molecule has 4 nitrogen and oxygen atoms in total. The molecule has 2 aromatic carbocycles. The van der Waals surface area contributed by atoms with Crippen LogP contribution < -0.4 is 10.2 Å². The molecule has 0 unspecified atom stereocenters. The van der Waals surface area contributed by atoms with Gasteiger partial charge in [-0.25, -0.2) is 0 Å². The minimum Gasteiger partial charge on any atom is -0.360 e. The normalized spacial score (nSPS) is 16.3. The zero-order chi connectivity index (χ0) is 15.6. The van der Waals surface area contributed by atoms with Gasteiger partial charge in [0.1, 0.15) is 0 Å². The van der Waals surface area contributed by atoms with Crippen LogP contribution in [0.5, 0.6) is 0 Å². The van der Waals surface area contributed by atoms with Crippen LogP contribution in [0, 0.1) is 0 Å². The molecule has 0 aliphatic carbocycles. The van der Waals surface area contributed by atoms with E-state index < -0.39 is 0 Å². The highest BCUT2D eigenvalue weighted by Gasteiger charge is 2.38. The van der Waals surface area contributed by atoms with Gasteiger partial charge in [0.15, 0.2) is 6.17 Å². The Morgan fingerprint density at radius 3 is 2.30 bits per heavy atom. The average Bonchev–Trinajstić information content (AvgIpc) is 2.89. The number of fused-ring (bicyclic) bond motifs is 1. The monoisotopic (exact) mass is 301 g/mol. The number of para-hydroxylation sites is 2. The predicted molar refractivity (Wildman–Crippen MR) is 90.3 cm³/mol. The van der Waals surface area contributed by atoms with E-state index in [0.717, 1.165) is 17.1 Å². The lowest BCUT2D eigenvalue weighted by molar-refractivity contribution is 0.0993. The van der Waals surface area contributed by atoms with Crippen LogP contribution in [0.25, 0.3) is 0 Å². The van der Waals surface area contributed by atoms with Crippen LogP contribution in [0.3, 0.4) is 0 Å². The van der Waals surface area contributed by atoms with Crippen molar-refractivity contribution >= 4 is 17.3 Å². The summed E-state index contributed by atoms with van der Waals surface area (Å²) in [5, 5.41) is 3.42. The third-order valence-electron chi connectivity index (χ3n) is 3.92. The molecule has 1 amide bonds. The molecule has 0 bridgehead atoms. The van der Waals surface area contributed by atoms with Gasteiger partial charge in [-0.15, -0.1) is 0 Å². The first-order chi connectivity index (χ1) is 11.3. The minimum atomic E-state index is -0.316. The van der Waals surface area contributed by atoms with E-state index in [1.807, 2.05) is 66.7 Å². The fourth-order valence-corrected chi connectivity index (χ4v) is 2.87. The lowest BCUT2D eigenvalue weighted by Crippen LogP contribution is -2.32. The van der Waals surface area contributed by atoms with Crippen molar-refractivity contribution in [3.8, 4) is 0 Å². The summed E-state index contributed by atoms with van der Waals surface area (Å²) in [6.07, 6.45) is 1.41. The fourth-order valence-electron chi connectivity index (χ4n) is 2.87. The number of hydrogen-bond donors (Lipinski definition) is 1. The van der Waals surface area contributed by atoms with Crippen molar-refractivity contribution in [3.63, 3.8) is 0 Å². The molecule has 2 heterocycles. The summed E-state index contributed by atoms with van der Waals surface area (Å²) in [5.74, 6) is -0.0345. The van der Waals surface area contributed by atoms with Gasteiger partial charge in [0.2, 0.25) is 0 Å². The van der Waals surface area contributed by atoms with Gasteiger partial charge in [-0.1, -0.05) is 36.4 Å². The van der Waals surface area contributed by atoms with E-state index in [0.29, 0.717) is 5.56 Å². The number of aromatic nitrogens is 1. The van der Waals surface area contributed by atoms with E-state index in [9.17, 15) is 4.79 Å². The Bertz CT molecular complexity index is 834. The molecule has 0 fully saturated rings. The number of rotatable bonds is 3. The quantitative estimate of drug-likeness (QED) is 0.799. The summed E-state index contributed by atoms with van der Waals surface area (Å²) in [6, 6.07) is 23.1. The number of benzene rings is 2. The molecule has 0 saturated carbocycles. The number of anilines is 2. The van der Waals surface area contributed by atoms with Crippen molar-refractivity contribution in [1.82, 2.24) is 4.98 Å². The molecule has 112 valence electrons.